The third-order valence-electron chi connectivity index (χ3n) is 3.63. The normalized spacial score (nSPS) is 20.3. The lowest BCUT2D eigenvalue weighted by Gasteiger charge is -2.30. The Labute approximate surface area is 137 Å². The lowest BCUT2D eigenvalue weighted by atomic mass is 9.95. The topological polar surface area (TPSA) is 75.7 Å². The Morgan fingerprint density at radius 2 is 1.87 bits per heavy atom. The van der Waals surface area contributed by atoms with Gasteiger partial charge in [-0.25, -0.2) is 8.42 Å². The largest absolute Gasteiger partial charge is 0.376 e. The molecule has 1 aliphatic heterocycles. The van der Waals surface area contributed by atoms with Gasteiger partial charge in [0.15, 0.2) is 0 Å². The Morgan fingerprint density at radius 3 is 2.39 bits per heavy atom. The van der Waals surface area contributed by atoms with Crippen molar-refractivity contribution in [1.82, 2.24) is 4.31 Å². The molecule has 2 rings (SSSR count). The van der Waals surface area contributed by atoms with Gasteiger partial charge in [0.05, 0.1) is 17.6 Å². The molecule has 1 aromatic rings. The molecule has 6 nitrogen and oxygen atoms in total. The van der Waals surface area contributed by atoms with Crippen LogP contribution >= 0.6 is 0 Å². The fourth-order valence-corrected chi connectivity index (χ4v) is 3.68. The van der Waals surface area contributed by atoms with Gasteiger partial charge in [0.1, 0.15) is 0 Å². The molecule has 7 heteroatoms. The van der Waals surface area contributed by atoms with E-state index in [1.54, 1.807) is 12.1 Å². The fraction of sp³-hybridized carbons (Fsp3) is 0.562. The molecule has 1 aliphatic rings. The van der Waals surface area contributed by atoms with Crippen molar-refractivity contribution in [2.75, 3.05) is 25.0 Å². The summed E-state index contributed by atoms with van der Waals surface area (Å²) in [5.74, 6) is -0.116. The standard InChI is InChI=1S/C16H24N2O4S/c1-12-11-18(9-10-22-12)23(20,21)14-7-5-13(6-8-14)17-15(19)16(2,3)4/h5-8,12H,9-11H2,1-4H3,(H,17,19). The number of rotatable bonds is 3. The van der Waals surface area contributed by atoms with Gasteiger partial charge in [0, 0.05) is 24.2 Å². The SMILES string of the molecule is CC1CN(S(=O)(=O)c2ccc(NC(=O)C(C)(C)C)cc2)CCO1. The molecule has 1 atom stereocenters. The number of anilines is 1. The van der Waals surface area contributed by atoms with Gasteiger partial charge in [-0.3, -0.25) is 4.79 Å². The average Bonchev–Trinajstić information content (AvgIpc) is 2.47. The zero-order valence-electron chi connectivity index (χ0n) is 14.0. The Kier molecular flexibility index (Phi) is 5.13. The van der Waals surface area contributed by atoms with Gasteiger partial charge in [-0.1, -0.05) is 20.8 Å². The summed E-state index contributed by atoms with van der Waals surface area (Å²) >= 11 is 0. The van der Waals surface area contributed by atoms with E-state index in [0.29, 0.717) is 25.4 Å². The molecule has 1 fully saturated rings. The van der Waals surface area contributed by atoms with E-state index >= 15 is 0 Å². The van der Waals surface area contributed by atoms with E-state index in [1.165, 1.54) is 16.4 Å². The predicted octanol–water partition coefficient (Wildman–Crippen LogP) is 2.08. The van der Waals surface area contributed by atoms with Crippen LogP contribution < -0.4 is 5.32 Å². The first kappa shape index (κ1) is 17.9. The predicted molar refractivity (Wildman–Crippen MR) is 88.7 cm³/mol. The minimum absolute atomic E-state index is 0.108. The van der Waals surface area contributed by atoms with Gasteiger partial charge in [-0.2, -0.15) is 4.31 Å². The first-order valence-electron chi connectivity index (χ1n) is 7.64. The van der Waals surface area contributed by atoms with Crippen molar-refractivity contribution in [3.05, 3.63) is 24.3 Å². The highest BCUT2D eigenvalue weighted by Gasteiger charge is 2.29. The summed E-state index contributed by atoms with van der Waals surface area (Å²) in [4.78, 5) is 12.2. The number of carbonyl (C=O) groups excluding carboxylic acids is 1. The molecule has 1 heterocycles. The van der Waals surface area contributed by atoms with Crippen LogP contribution in [0.3, 0.4) is 0 Å². The summed E-state index contributed by atoms with van der Waals surface area (Å²) in [6.45, 7) is 8.43. The molecule has 1 aromatic carbocycles. The van der Waals surface area contributed by atoms with Crippen LogP contribution in [0.1, 0.15) is 27.7 Å². The maximum absolute atomic E-state index is 12.6. The van der Waals surface area contributed by atoms with Gasteiger partial charge >= 0.3 is 0 Å². The number of morpholine rings is 1. The molecule has 0 aromatic heterocycles. The first-order valence-corrected chi connectivity index (χ1v) is 9.08. The van der Waals surface area contributed by atoms with Crippen molar-refractivity contribution < 1.29 is 17.9 Å². The third kappa shape index (κ3) is 4.31. The number of hydrogen-bond donors (Lipinski definition) is 1. The third-order valence-corrected chi connectivity index (χ3v) is 5.51. The summed E-state index contributed by atoms with van der Waals surface area (Å²) in [6.07, 6.45) is -0.108. The highest BCUT2D eigenvalue weighted by Crippen LogP contribution is 2.22. The van der Waals surface area contributed by atoms with E-state index in [-0.39, 0.29) is 16.9 Å². The summed E-state index contributed by atoms with van der Waals surface area (Å²) in [5, 5.41) is 2.78. The second-order valence-corrected chi connectivity index (χ2v) is 8.71. The molecule has 23 heavy (non-hydrogen) atoms. The summed E-state index contributed by atoms with van der Waals surface area (Å²) < 4.78 is 32.0. The van der Waals surface area contributed by atoms with Crippen LogP contribution in [0.4, 0.5) is 5.69 Å². The van der Waals surface area contributed by atoms with Gasteiger partial charge in [0.25, 0.3) is 0 Å². The zero-order chi connectivity index (χ0) is 17.3. The molecule has 0 saturated carbocycles. The minimum Gasteiger partial charge on any atom is -0.376 e. The van der Waals surface area contributed by atoms with Crippen LogP contribution in [-0.4, -0.2) is 44.4 Å². The zero-order valence-corrected chi connectivity index (χ0v) is 14.8. The molecule has 128 valence electrons. The van der Waals surface area contributed by atoms with E-state index < -0.39 is 15.4 Å². The Balaban J connectivity index is 2.14. The Hall–Kier alpha value is -1.44. The van der Waals surface area contributed by atoms with Gasteiger partial charge < -0.3 is 10.1 Å². The van der Waals surface area contributed by atoms with Crippen LogP contribution in [0.5, 0.6) is 0 Å². The van der Waals surface area contributed by atoms with Gasteiger partial charge in [0.2, 0.25) is 15.9 Å². The first-order chi connectivity index (χ1) is 10.6. The second-order valence-electron chi connectivity index (χ2n) is 6.77. The highest BCUT2D eigenvalue weighted by atomic mass is 32.2. The number of carbonyl (C=O) groups is 1. The Bertz CT molecular complexity index is 662. The van der Waals surface area contributed by atoms with Crippen molar-refractivity contribution >= 4 is 21.6 Å². The molecule has 0 aliphatic carbocycles. The molecule has 0 radical (unpaired) electrons. The van der Waals surface area contributed by atoms with Crippen LogP contribution in [-0.2, 0) is 19.6 Å². The monoisotopic (exact) mass is 340 g/mol. The smallest absolute Gasteiger partial charge is 0.243 e. The summed E-state index contributed by atoms with van der Waals surface area (Å²) in [5.41, 5.74) is 0.0773. The average molecular weight is 340 g/mol. The number of hydrogen-bond acceptors (Lipinski definition) is 4. The van der Waals surface area contributed by atoms with Crippen LogP contribution in [0.25, 0.3) is 0 Å². The van der Waals surface area contributed by atoms with E-state index in [2.05, 4.69) is 5.32 Å². The summed E-state index contributed by atoms with van der Waals surface area (Å²) in [7, 11) is -3.53. The van der Waals surface area contributed by atoms with Crippen LogP contribution in [0, 0.1) is 5.41 Å². The van der Waals surface area contributed by atoms with Crippen molar-refractivity contribution in [3.8, 4) is 0 Å². The summed E-state index contributed by atoms with van der Waals surface area (Å²) in [6, 6.07) is 6.27. The number of amides is 1. The molecule has 1 amide bonds. The molecule has 1 N–H and O–H groups in total. The molecule has 0 bridgehead atoms. The van der Waals surface area contributed by atoms with Crippen LogP contribution in [0.2, 0.25) is 0 Å². The second kappa shape index (κ2) is 6.59. The number of nitrogens with one attached hydrogen (secondary N) is 1. The van der Waals surface area contributed by atoms with Crippen molar-refractivity contribution in [2.24, 2.45) is 5.41 Å². The molecule has 0 spiro atoms. The van der Waals surface area contributed by atoms with Crippen LogP contribution in [0.15, 0.2) is 29.2 Å². The van der Waals surface area contributed by atoms with Crippen molar-refractivity contribution in [3.63, 3.8) is 0 Å². The van der Waals surface area contributed by atoms with Crippen molar-refractivity contribution in [2.45, 2.75) is 38.7 Å². The molecular formula is C16H24N2O4S. The van der Waals surface area contributed by atoms with Gasteiger partial charge in [-0.15, -0.1) is 0 Å². The minimum atomic E-state index is -3.53. The van der Waals surface area contributed by atoms with E-state index in [9.17, 15) is 13.2 Å². The number of nitrogens with zero attached hydrogens (tertiary/aromatic N) is 1. The van der Waals surface area contributed by atoms with Crippen molar-refractivity contribution in [1.29, 1.82) is 0 Å². The van der Waals surface area contributed by atoms with Gasteiger partial charge in [-0.05, 0) is 31.2 Å². The van der Waals surface area contributed by atoms with E-state index in [1.807, 2.05) is 27.7 Å². The highest BCUT2D eigenvalue weighted by molar-refractivity contribution is 7.89. The van der Waals surface area contributed by atoms with E-state index in [0.717, 1.165) is 0 Å². The lowest BCUT2D eigenvalue weighted by molar-refractivity contribution is -0.123. The quantitative estimate of drug-likeness (QED) is 0.914. The molecular weight excluding hydrogens is 316 g/mol. The lowest BCUT2D eigenvalue weighted by Crippen LogP contribution is -2.44. The number of benzene rings is 1. The Morgan fingerprint density at radius 1 is 1.26 bits per heavy atom. The number of sulfonamides is 1. The maximum Gasteiger partial charge on any atom is 0.243 e. The fourth-order valence-electron chi connectivity index (χ4n) is 2.18. The maximum atomic E-state index is 12.6. The molecule has 1 saturated heterocycles. The number of ether oxygens (including phenoxy) is 1. The molecule has 1 unspecified atom stereocenters. The van der Waals surface area contributed by atoms with E-state index in [4.69, 9.17) is 4.74 Å².